The number of Topliss-reactive ketones (excluding diaryl/α,β-unsaturated/α-hetero) is 1. The molecule has 0 aromatic heterocycles. The molecule has 4 rings (SSSR count). The van der Waals surface area contributed by atoms with E-state index in [1.54, 1.807) is 0 Å². The van der Waals surface area contributed by atoms with Gasteiger partial charge in [-0.15, -0.1) is 0 Å². The zero-order valence-electron chi connectivity index (χ0n) is 27.9. The van der Waals surface area contributed by atoms with Gasteiger partial charge < -0.3 is 0 Å². The van der Waals surface area contributed by atoms with E-state index in [9.17, 15) is 4.79 Å². The fraction of sp³-hybridized carbons (Fsp3) is 0.419. The highest BCUT2D eigenvalue weighted by atomic mass is 16.1. The summed E-state index contributed by atoms with van der Waals surface area (Å²) in [5.74, 6) is 0.456. The van der Waals surface area contributed by atoms with Crippen LogP contribution in [0.25, 0.3) is 0 Å². The summed E-state index contributed by atoms with van der Waals surface area (Å²) >= 11 is 0. The van der Waals surface area contributed by atoms with Crippen molar-refractivity contribution in [2.45, 2.75) is 116 Å². The standard InChI is InChI=1S/C36H48O.C7H8/c1-35(2,32-21-11-5-12-22-32)28-17-7-15-25-34(37)26-16-8-18-29-36(3,33-23-13-6-14-24-33)30-27-31-19-9-4-10-20-31;1-7-5-3-2-4-6-7/h4-6,9-14,19-24H,7-8,15-18,25-30H2,1-3H3;2-6H,1H3. The second kappa shape index (κ2) is 19.0. The monoisotopic (exact) mass is 588 g/mol. The highest BCUT2D eigenvalue weighted by Crippen LogP contribution is 2.35. The summed E-state index contributed by atoms with van der Waals surface area (Å²) in [6.45, 7) is 9.17. The molecule has 0 fully saturated rings. The molecule has 1 atom stereocenters. The van der Waals surface area contributed by atoms with Gasteiger partial charge in [-0.2, -0.15) is 0 Å². The lowest BCUT2D eigenvalue weighted by Crippen LogP contribution is -2.23. The molecule has 0 amide bonds. The molecule has 0 saturated heterocycles. The lowest BCUT2D eigenvalue weighted by Gasteiger charge is -2.31. The van der Waals surface area contributed by atoms with Crippen molar-refractivity contribution in [3.63, 3.8) is 0 Å². The van der Waals surface area contributed by atoms with Crippen LogP contribution in [0.15, 0.2) is 121 Å². The fourth-order valence-electron chi connectivity index (χ4n) is 6.09. The van der Waals surface area contributed by atoms with Crippen molar-refractivity contribution in [2.75, 3.05) is 0 Å². The number of aryl methyl sites for hydroxylation is 2. The zero-order valence-corrected chi connectivity index (χ0v) is 27.9. The van der Waals surface area contributed by atoms with Crippen LogP contribution >= 0.6 is 0 Å². The Kier molecular flexibility index (Phi) is 15.2. The van der Waals surface area contributed by atoms with Crippen LogP contribution in [-0.4, -0.2) is 5.78 Å². The molecule has 0 aliphatic carbocycles. The molecule has 1 nitrogen and oxygen atoms in total. The van der Waals surface area contributed by atoms with E-state index in [0.29, 0.717) is 5.78 Å². The van der Waals surface area contributed by atoms with Crippen molar-refractivity contribution in [2.24, 2.45) is 0 Å². The third-order valence-electron chi connectivity index (χ3n) is 9.22. The van der Waals surface area contributed by atoms with E-state index >= 15 is 0 Å². The minimum absolute atomic E-state index is 0.175. The molecule has 0 aliphatic heterocycles. The van der Waals surface area contributed by atoms with E-state index in [1.165, 1.54) is 47.9 Å². The van der Waals surface area contributed by atoms with E-state index in [-0.39, 0.29) is 10.8 Å². The summed E-state index contributed by atoms with van der Waals surface area (Å²) in [5, 5.41) is 0. The highest BCUT2D eigenvalue weighted by Gasteiger charge is 2.26. The molecule has 0 saturated carbocycles. The maximum atomic E-state index is 12.5. The number of rotatable bonds is 17. The maximum absolute atomic E-state index is 12.5. The molecule has 44 heavy (non-hydrogen) atoms. The largest absolute Gasteiger partial charge is 0.300 e. The summed E-state index contributed by atoms with van der Waals surface area (Å²) in [6.07, 6.45) is 12.9. The van der Waals surface area contributed by atoms with Crippen molar-refractivity contribution >= 4 is 5.78 Å². The lowest BCUT2D eigenvalue weighted by atomic mass is 9.74. The van der Waals surface area contributed by atoms with Crippen molar-refractivity contribution < 1.29 is 4.79 Å². The van der Waals surface area contributed by atoms with E-state index < -0.39 is 0 Å². The van der Waals surface area contributed by atoms with Crippen molar-refractivity contribution in [3.05, 3.63) is 144 Å². The van der Waals surface area contributed by atoms with Gasteiger partial charge in [0.25, 0.3) is 0 Å². The first kappa shape index (κ1) is 35.0. The van der Waals surface area contributed by atoms with E-state index in [4.69, 9.17) is 0 Å². The molecule has 234 valence electrons. The third kappa shape index (κ3) is 13.0. The van der Waals surface area contributed by atoms with Crippen LogP contribution in [0.5, 0.6) is 0 Å². The SMILES string of the molecule is CC(C)(CCCCCC(=O)CCCCCC(C)(CCc1ccccc1)c1ccccc1)c1ccccc1.Cc1ccccc1. The Bertz CT molecular complexity index is 1290. The number of carbonyl (C=O) groups is 1. The zero-order chi connectivity index (χ0) is 31.5. The average molecular weight is 589 g/mol. The molecule has 4 aromatic carbocycles. The number of hydrogen-bond donors (Lipinski definition) is 0. The van der Waals surface area contributed by atoms with Gasteiger partial charge in [-0.05, 0) is 73.0 Å². The van der Waals surface area contributed by atoms with Gasteiger partial charge in [0.2, 0.25) is 0 Å². The van der Waals surface area contributed by atoms with Crippen LogP contribution in [0, 0.1) is 6.92 Å². The van der Waals surface area contributed by atoms with Gasteiger partial charge in [0, 0.05) is 12.8 Å². The van der Waals surface area contributed by atoms with Crippen LogP contribution in [0.4, 0.5) is 0 Å². The van der Waals surface area contributed by atoms with Gasteiger partial charge in [0.15, 0.2) is 0 Å². The highest BCUT2D eigenvalue weighted by molar-refractivity contribution is 5.78. The minimum Gasteiger partial charge on any atom is -0.300 e. The van der Waals surface area contributed by atoms with Crippen LogP contribution in [0.3, 0.4) is 0 Å². The van der Waals surface area contributed by atoms with Crippen molar-refractivity contribution in [1.82, 2.24) is 0 Å². The van der Waals surface area contributed by atoms with Crippen molar-refractivity contribution in [1.29, 1.82) is 0 Å². The van der Waals surface area contributed by atoms with Gasteiger partial charge in [-0.3, -0.25) is 4.79 Å². The summed E-state index contributed by atoms with van der Waals surface area (Å²) in [5.41, 5.74) is 5.98. The summed E-state index contributed by atoms with van der Waals surface area (Å²) in [7, 11) is 0. The summed E-state index contributed by atoms with van der Waals surface area (Å²) < 4.78 is 0. The van der Waals surface area contributed by atoms with Crippen LogP contribution in [0.2, 0.25) is 0 Å². The topological polar surface area (TPSA) is 17.1 Å². The normalized spacial score (nSPS) is 12.5. The first-order valence-electron chi connectivity index (χ1n) is 17.0. The second-order valence-electron chi connectivity index (χ2n) is 13.5. The van der Waals surface area contributed by atoms with Gasteiger partial charge in [0.1, 0.15) is 5.78 Å². The average Bonchev–Trinajstić information content (AvgIpc) is 3.05. The third-order valence-corrected chi connectivity index (χ3v) is 9.22. The van der Waals surface area contributed by atoms with E-state index in [2.05, 4.69) is 131 Å². The molecule has 0 bridgehead atoms. The summed E-state index contributed by atoms with van der Waals surface area (Å²) in [6, 6.07) is 42.9. The van der Waals surface area contributed by atoms with Gasteiger partial charge in [0.05, 0.1) is 0 Å². The molecule has 0 heterocycles. The number of carbonyl (C=O) groups excluding carboxylic acids is 1. The second-order valence-corrected chi connectivity index (χ2v) is 13.5. The van der Waals surface area contributed by atoms with E-state index in [0.717, 1.165) is 51.4 Å². The Morgan fingerprint density at radius 1 is 0.500 bits per heavy atom. The maximum Gasteiger partial charge on any atom is 0.132 e. The Balaban J connectivity index is 0.000000662. The number of unbranched alkanes of at least 4 members (excludes halogenated alkanes) is 4. The van der Waals surface area contributed by atoms with Gasteiger partial charge >= 0.3 is 0 Å². The van der Waals surface area contributed by atoms with Crippen LogP contribution < -0.4 is 0 Å². The summed E-state index contributed by atoms with van der Waals surface area (Å²) in [4.78, 5) is 12.5. The molecule has 1 unspecified atom stereocenters. The molecular formula is C43H56O. The van der Waals surface area contributed by atoms with Crippen LogP contribution in [0.1, 0.15) is 114 Å². The Labute approximate surface area is 269 Å². The Morgan fingerprint density at radius 3 is 1.45 bits per heavy atom. The molecule has 0 N–H and O–H groups in total. The lowest BCUT2D eigenvalue weighted by molar-refractivity contribution is -0.119. The molecule has 0 radical (unpaired) electrons. The number of benzene rings is 4. The smallest absolute Gasteiger partial charge is 0.132 e. The predicted octanol–water partition coefficient (Wildman–Crippen LogP) is 12.0. The molecule has 4 aromatic rings. The fourth-order valence-corrected chi connectivity index (χ4v) is 6.09. The molecule has 1 heteroatoms. The van der Waals surface area contributed by atoms with Gasteiger partial charge in [-0.25, -0.2) is 0 Å². The van der Waals surface area contributed by atoms with Crippen molar-refractivity contribution in [3.8, 4) is 0 Å². The first-order chi connectivity index (χ1) is 21.3. The quantitative estimate of drug-likeness (QED) is 0.112. The van der Waals surface area contributed by atoms with Gasteiger partial charge in [-0.1, -0.05) is 173 Å². The van der Waals surface area contributed by atoms with E-state index in [1.807, 2.05) is 18.2 Å². The number of ketones is 1. The molecular weight excluding hydrogens is 532 g/mol. The Morgan fingerprint density at radius 2 is 0.955 bits per heavy atom. The van der Waals surface area contributed by atoms with Crippen LogP contribution in [-0.2, 0) is 22.0 Å². The predicted molar refractivity (Wildman–Crippen MR) is 190 cm³/mol. The molecule has 0 aliphatic rings. The Hall–Kier alpha value is -3.45. The number of hydrogen-bond acceptors (Lipinski definition) is 1. The first-order valence-corrected chi connectivity index (χ1v) is 17.0. The minimum atomic E-state index is 0.175. The molecule has 0 spiro atoms.